The predicted octanol–water partition coefficient (Wildman–Crippen LogP) is 4.36. The molecule has 0 aliphatic heterocycles. The molecule has 11 heteroatoms. The van der Waals surface area contributed by atoms with E-state index in [1.807, 2.05) is 0 Å². The fraction of sp³-hybridized carbons (Fsp3) is 0.588. The van der Waals surface area contributed by atoms with Crippen LogP contribution in [0.1, 0.15) is 72.1 Å². The summed E-state index contributed by atoms with van der Waals surface area (Å²) in [7, 11) is 0. The largest absolute Gasteiger partial charge is 0.462 e. The van der Waals surface area contributed by atoms with Crippen LogP contribution < -0.4 is 5.32 Å². The smallest absolute Gasteiger partial charge is 0.434 e. The number of aromatic nitrogens is 1. The Morgan fingerprint density at radius 3 is 2.00 bits per heavy atom. The number of nitrogens with zero attached hydrogens (tertiary/aromatic N) is 1. The van der Waals surface area contributed by atoms with Crippen LogP contribution in [-0.4, -0.2) is 35.7 Å². The summed E-state index contributed by atoms with van der Waals surface area (Å²) >= 11 is 0. The first-order valence-electron chi connectivity index (χ1n) is 8.50. The van der Waals surface area contributed by atoms with Gasteiger partial charge >= 0.3 is 18.1 Å². The molecule has 0 unspecified atom stereocenters. The monoisotopic (exact) mass is 410 g/mol. The molecule has 6 nitrogen and oxygen atoms in total. The molecule has 28 heavy (non-hydrogen) atoms. The van der Waals surface area contributed by atoms with Crippen molar-refractivity contribution in [3.05, 3.63) is 22.5 Å². The topological polar surface area (TPSA) is 77.5 Å². The second-order valence-electron chi connectivity index (χ2n) is 6.40. The summed E-state index contributed by atoms with van der Waals surface area (Å²) in [5, 5.41) is 2.64. The van der Waals surface area contributed by atoms with Crippen LogP contribution in [0.5, 0.6) is 0 Å². The number of hydrogen-bond donors (Lipinski definition) is 1. The van der Waals surface area contributed by atoms with Crippen molar-refractivity contribution in [1.29, 1.82) is 0 Å². The number of esters is 2. The molecule has 2 rings (SSSR count). The first kappa shape index (κ1) is 21.8. The van der Waals surface area contributed by atoms with Crippen molar-refractivity contribution in [3.8, 4) is 0 Å². The second-order valence-corrected chi connectivity index (χ2v) is 6.40. The van der Waals surface area contributed by atoms with Crippen molar-refractivity contribution in [2.24, 2.45) is 0 Å². The Kier molecular flexibility index (Phi) is 6.15. The van der Waals surface area contributed by atoms with Gasteiger partial charge in [0.25, 0.3) is 6.43 Å². The molecule has 1 aliphatic carbocycles. The molecule has 1 aromatic rings. The Balaban J connectivity index is 2.89. The van der Waals surface area contributed by atoms with E-state index in [9.17, 15) is 31.5 Å². The number of nitrogens with one attached hydrogen (secondary N) is 1. The van der Waals surface area contributed by atoms with Crippen LogP contribution in [0.25, 0.3) is 0 Å². The molecular weight excluding hydrogens is 391 g/mol. The molecule has 1 aliphatic rings. The lowest BCUT2D eigenvalue weighted by Crippen LogP contribution is -2.28. The van der Waals surface area contributed by atoms with Crippen molar-refractivity contribution in [1.82, 2.24) is 4.98 Å². The molecule has 0 saturated heterocycles. The molecule has 0 atom stereocenters. The number of hydrogen-bond acceptors (Lipinski definition) is 6. The maximum absolute atomic E-state index is 13.5. The first-order valence-corrected chi connectivity index (χ1v) is 8.50. The minimum atomic E-state index is -5.24. The highest BCUT2D eigenvalue weighted by atomic mass is 19.4. The van der Waals surface area contributed by atoms with Crippen molar-refractivity contribution < 1.29 is 41.0 Å². The third kappa shape index (κ3) is 4.50. The van der Waals surface area contributed by atoms with E-state index in [0.29, 0.717) is 12.8 Å². The van der Waals surface area contributed by atoms with Gasteiger partial charge in [0.15, 0.2) is 5.69 Å². The molecule has 1 saturated carbocycles. The summed E-state index contributed by atoms with van der Waals surface area (Å²) in [6.07, 6.45) is -7.74. The molecular formula is C17H19F5N2O4. The Hall–Kier alpha value is -2.46. The molecule has 0 spiro atoms. The zero-order chi connectivity index (χ0) is 21.3. The molecule has 1 aromatic heterocycles. The standard InChI is InChI=1S/C17H19F5N2O4/c1-4-27-14(25)8-10(24-16(3)6-7-16)9(15(26)28-5-2)12(17(20,21)22)23-11(8)13(18)19/h13H,4-7H2,1-3H3,(H,23,24). The highest BCUT2D eigenvalue weighted by molar-refractivity contribution is 6.06. The highest BCUT2D eigenvalue weighted by Gasteiger charge is 2.46. The van der Waals surface area contributed by atoms with Crippen molar-refractivity contribution in [3.63, 3.8) is 0 Å². The second kappa shape index (κ2) is 7.88. The number of alkyl halides is 5. The number of pyridine rings is 1. The summed E-state index contributed by atoms with van der Waals surface area (Å²) in [6, 6.07) is 0. The molecule has 1 heterocycles. The quantitative estimate of drug-likeness (QED) is 0.532. The predicted molar refractivity (Wildman–Crippen MR) is 87.4 cm³/mol. The van der Waals surface area contributed by atoms with Crippen LogP contribution in [0.3, 0.4) is 0 Å². The molecule has 0 bridgehead atoms. The van der Waals surface area contributed by atoms with Gasteiger partial charge in [-0.2, -0.15) is 13.2 Å². The summed E-state index contributed by atoms with van der Waals surface area (Å²) < 4.78 is 77.1. The van der Waals surface area contributed by atoms with Crippen LogP contribution >= 0.6 is 0 Å². The Bertz CT molecular complexity index is 776. The maximum atomic E-state index is 13.5. The zero-order valence-corrected chi connectivity index (χ0v) is 15.4. The van der Waals surface area contributed by atoms with Crippen LogP contribution in [0.4, 0.5) is 27.6 Å². The molecule has 1 N–H and O–H groups in total. The number of carbonyl (C=O) groups is 2. The lowest BCUT2D eigenvalue weighted by molar-refractivity contribution is -0.142. The van der Waals surface area contributed by atoms with Gasteiger partial charge in [-0.25, -0.2) is 23.4 Å². The van der Waals surface area contributed by atoms with E-state index in [1.54, 1.807) is 6.92 Å². The van der Waals surface area contributed by atoms with Gasteiger partial charge in [0, 0.05) is 5.54 Å². The Labute approximate surface area is 157 Å². The van der Waals surface area contributed by atoms with E-state index in [2.05, 4.69) is 15.0 Å². The minimum Gasteiger partial charge on any atom is -0.462 e. The number of rotatable bonds is 7. The van der Waals surface area contributed by atoms with Crippen LogP contribution in [0, 0.1) is 0 Å². The third-order valence-electron chi connectivity index (χ3n) is 4.09. The number of carbonyl (C=O) groups excluding carboxylic acids is 2. The van der Waals surface area contributed by atoms with Gasteiger partial charge < -0.3 is 14.8 Å². The van der Waals surface area contributed by atoms with Gasteiger partial charge in [0.1, 0.15) is 16.8 Å². The van der Waals surface area contributed by atoms with Gasteiger partial charge in [0.05, 0.1) is 18.9 Å². The van der Waals surface area contributed by atoms with Gasteiger partial charge in [-0.3, -0.25) is 0 Å². The molecule has 0 aromatic carbocycles. The molecule has 1 fully saturated rings. The third-order valence-corrected chi connectivity index (χ3v) is 4.09. The lowest BCUT2D eigenvalue weighted by atomic mass is 10.0. The van der Waals surface area contributed by atoms with E-state index in [1.165, 1.54) is 13.8 Å². The number of ether oxygens (including phenoxy) is 2. The summed E-state index contributed by atoms with van der Waals surface area (Å²) in [6.45, 7) is 3.91. The van der Waals surface area contributed by atoms with Crippen LogP contribution in [-0.2, 0) is 15.7 Å². The normalized spacial score (nSPS) is 15.3. The Morgan fingerprint density at radius 1 is 1.11 bits per heavy atom. The van der Waals surface area contributed by atoms with Gasteiger partial charge in [-0.05, 0) is 33.6 Å². The van der Waals surface area contributed by atoms with Crippen LogP contribution in [0.15, 0.2) is 0 Å². The van der Waals surface area contributed by atoms with E-state index < -0.39 is 58.3 Å². The van der Waals surface area contributed by atoms with E-state index in [-0.39, 0.29) is 13.2 Å². The first-order chi connectivity index (χ1) is 12.9. The summed E-state index contributed by atoms with van der Waals surface area (Å²) in [4.78, 5) is 27.6. The highest BCUT2D eigenvalue weighted by Crippen LogP contribution is 2.44. The Morgan fingerprint density at radius 2 is 1.61 bits per heavy atom. The SMILES string of the molecule is CCOC(=O)c1c(C(F)F)nc(C(F)(F)F)c(C(=O)OCC)c1NC1(C)CC1. The molecule has 0 radical (unpaired) electrons. The minimum absolute atomic E-state index is 0.214. The zero-order valence-electron chi connectivity index (χ0n) is 15.4. The fourth-order valence-electron chi connectivity index (χ4n) is 2.52. The maximum Gasteiger partial charge on any atom is 0.434 e. The van der Waals surface area contributed by atoms with Gasteiger partial charge in [-0.15, -0.1) is 0 Å². The molecule has 156 valence electrons. The average molecular weight is 410 g/mol. The van der Waals surface area contributed by atoms with Gasteiger partial charge in [-0.1, -0.05) is 0 Å². The fourth-order valence-corrected chi connectivity index (χ4v) is 2.52. The summed E-state index contributed by atoms with van der Waals surface area (Å²) in [5.41, 5.74) is -6.73. The van der Waals surface area contributed by atoms with E-state index >= 15 is 0 Å². The summed E-state index contributed by atoms with van der Waals surface area (Å²) in [5.74, 6) is -2.74. The lowest BCUT2D eigenvalue weighted by Gasteiger charge is -2.24. The van der Waals surface area contributed by atoms with E-state index in [4.69, 9.17) is 4.74 Å². The number of anilines is 1. The van der Waals surface area contributed by atoms with Gasteiger partial charge in [0.2, 0.25) is 0 Å². The molecule has 0 amide bonds. The van der Waals surface area contributed by atoms with Crippen molar-refractivity contribution in [2.75, 3.05) is 18.5 Å². The average Bonchev–Trinajstić information content (AvgIpc) is 3.30. The van der Waals surface area contributed by atoms with Crippen molar-refractivity contribution in [2.45, 2.75) is 51.8 Å². The van der Waals surface area contributed by atoms with E-state index in [0.717, 1.165) is 0 Å². The van der Waals surface area contributed by atoms with Crippen LogP contribution in [0.2, 0.25) is 0 Å². The van der Waals surface area contributed by atoms with Crippen molar-refractivity contribution >= 4 is 17.6 Å². The number of halogens is 5.